The van der Waals surface area contributed by atoms with Crippen molar-refractivity contribution in [3.63, 3.8) is 0 Å². The first-order valence-electron chi connectivity index (χ1n) is 6.77. The minimum atomic E-state index is -0.0853. The van der Waals surface area contributed by atoms with Gasteiger partial charge >= 0.3 is 0 Å². The molecule has 0 unspecified atom stereocenters. The van der Waals surface area contributed by atoms with Gasteiger partial charge in [-0.15, -0.1) is 10.2 Å². The predicted molar refractivity (Wildman–Crippen MR) is 82.2 cm³/mol. The summed E-state index contributed by atoms with van der Waals surface area (Å²) in [4.78, 5) is 13.9. The Morgan fingerprint density at radius 2 is 2.24 bits per heavy atom. The predicted octanol–water partition coefficient (Wildman–Crippen LogP) is 1.21. The number of aromatic nitrogens is 4. The van der Waals surface area contributed by atoms with Gasteiger partial charge in [0.25, 0.3) is 0 Å². The van der Waals surface area contributed by atoms with Crippen molar-refractivity contribution in [2.45, 2.75) is 26.8 Å². The lowest BCUT2D eigenvalue weighted by molar-refractivity contribution is -0.117. The minimum absolute atomic E-state index is 0.0853. The second kappa shape index (κ2) is 6.77. The molecule has 2 aromatic heterocycles. The van der Waals surface area contributed by atoms with E-state index in [0.717, 1.165) is 22.7 Å². The van der Waals surface area contributed by atoms with Gasteiger partial charge in [-0.2, -0.15) is 5.10 Å². The van der Waals surface area contributed by atoms with E-state index in [2.05, 4.69) is 20.6 Å². The maximum atomic E-state index is 12.0. The third-order valence-electron chi connectivity index (χ3n) is 2.98. The summed E-state index contributed by atoms with van der Waals surface area (Å²) in [7, 11) is 3.80. The van der Waals surface area contributed by atoms with Crippen molar-refractivity contribution < 1.29 is 4.79 Å². The molecule has 0 fully saturated rings. The van der Waals surface area contributed by atoms with Gasteiger partial charge in [0, 0.05) is 25.4 Å². The number of likely N-dealkylation sites (N-methyl/N-ethyl adjacent to an activating group) is 1. The Morgan fingerprint density at radius 3 is 2.81 bits per heavy atom. The van der Waals surface area contributed by atoms with E-state index in [-0.39, 0.29) is 5.91 Å². The summed E-state index contributed by atoms with van der Waals surface area (Å²) in [5.74, 6) is -0.0853. The van der Waals surface area contributed by atoms with Crippen LogP contribution in [-0.2, 0) is 24.8 Å². The van der Waals surface area contributed by atoms with Crippen LogP contribution < -0.4 is 5.32 Å². The molecule has 0 spiro atoms. The number of rotatable bonds is 6. The van der Waals surface area contributed by atoms with Gasteiger partial charge in [-0.3, -0.25) is 19.7 Å². The molecule has 1 N–H and O–H groups in total. The minimum Gasteiger partial charge on any atom is -0.299 e. The maximum Gasteiger partial charge on any atom is 0.240 e. The third kappa shape index (κ3) is 4.33. The van der Waals surface area contributed by atoms with Crippen molar-refractivity contribution in [1.82, 2.24) is 24.9 Å². The van der Waals surface area contributed by atoms with Crippen molar-refractivity contribution in [3.05, 3.63) is 22.5 Å². The van der Waals surface area contributed by atoms with Gasteiger partial charge in [0.05, 0.1) is 12.2 Å². The zero-order valence-electron chi connectivity index (χ0n) is 12.8. The fourth-order valence-electron chi connectivity index (χ4n) is 2.00. The van der Waals surface area contributed by atoms with Crippen LogP contribution >= 0.6 is 11.3 Å². The Balaban J connectivity index is 1.85. The Labute approximate surface area is 128 Å². The Morgan fingerprint density at radius 1 is 1.48 bits per heavy atom. The molecule has 1 amide bonds. The number of hydrogen-bond donors (Lipinski definition) is 1. The number of aryl methyl sites for hydroxylation is 3. The van der Waals surface area contributed by atoms with Crippen molar-refractivity contribution in [3.8, 4) is 0 Å². The zero-order valence-corrected chi connectivity index (χ0v) is 13.6. The number of carbonyl (C=O) groups is 1. The lowest BCUT2D eigenvalue weighted by Crippen LogP contribution is -2.29. The molecule has 0 aliphatic rings. The van der Waals surface area contributed by atoms with Gasteiger partial charge in [0.1, 0.15) is 5.01 Å². The van der Waals surface area contributed by atoms with Crippen LogP contribution in [0.4, 0.5) is 5.13 Å². The number of anilines is 1. The van der Waals surface area contributed by atoms with Crippen LogP contribution in [0.3, 0.4) is 0 Å². The van der Waals surface area contributed by atoms with Crippen LogP contribution in [0.25, 0.3) is 0 Å². The van der Waals surface area contributed by atoms with E-state index in [1.807, 2.05) is 39.0 Å². The summed E-state index contributed by atoms with van der Waals surface area (Å²) in [6.45, 7) is 4.96. The highest BCUT2D eigenvalue weighted by atomic mass is 32.1. The van der Waals surface area contributed by atoms with E-state index in [0.29, 0.717) is 18.2 Å². The molecule has 0 aromatic carbocycles. The summed E-state index contributed by atoms with van der Waals surface area (Å²) in [5, 5.41) is 16.5. The third-order valence-corrected chi connectivity index (χ3v) is 3.97. The highest BCUT2D eigenvalue weighted by Gasteiger charge is 2.12. The van der Waals surface area contributed by atoms with Gasteiger partial charge in [0.2, 0.25) is 11.0 Å². The van der Waals surface area contributed by atoms with E-state index in [9.17, 15) is 4.79 Å². The average molecular weight is 308 g/mol. The van der Waals surface area contributed by atoms with Crippen LogP contribution in [-0.4, -0.2) is 44.4 Å². The van der Waals surface area contributed by atoms with Gasteiger partial charge in [-0.25, -0.2) is 0 Å². The van der Waals surface area contributed by atoms with Crippen molar-refractivity contribution in [1.29, 1.82) is 0 Å². The normalized spacial score (nSPS) is 11.1. The topological polar surface area (TPSA) is 75.9 Å². The molecule has 0 bridgehead atoms. The molecule has 0 saturated carbocycles. The number of hydrogen-bond acceptors (Lipinski definition) is 6. The number of nitrogens with one attached hydrogen (secondary N) is 1. The lowest BCUT2D eigenvalue weighted by atomic mass is 10.2. The van der Waals surface area contributed by atoms with Crippen molar-refractivity contribution in [2.75, 3.05) is 18.9 Å². The molecule has 2 aromatic rings. The fraction of sp³-hybridized carbons (Fsp3) is 0.538. The average Bonchev–Trinajstić information content (AvgIpc) is 2.96. The van der Waals surface area contributed by atoms with Gasteiger partial charge in [-0.1, -0.05) is 18.3 Å². The summed E-state index contributed by atoms with van der Waals surface area (Å²) >= 11 is 1.41. The number of amides is 1. The molecule has 21 heavy (non-hydrogen) atoms. The first kappa shape index (κ1) is 15.6. The van der Waals surface area contributed by atoms with Gasteiger partial charge in [0.15, 0.2) is 0 Å². The molecule has 7 nitrogen and oxygen atoms in total. The first-order valence-corrected chi connectivity index (χ1v) is 7.59. The van der Waals surface area contributed by atoms with Crippen LogP contribution in [0, 0.1) is 6.92 Å². The quantitative estimate of drug-likeness (QED) is 0.868. The second-order valence-electron chi connectivity index (χ2n) is 4.99. The van der Waals surface area contributed by atoms with Gasteiger partial charge in [-0.05, 0) is 20.4 Å². The second-order valence-corrected chi connectivity index (χ2v) is 6.05. The van der Waals surface area contributed by atoms with E-state index in [4.69, 9.17) is 0 Å². The van der Waals surface area contributed by atoms with E-state index >= 15 is 0 Å². The molecule has 8 heteroatoms. The molecule has 114 valence electrons. The summed E-state index contributed by atoms with van der Waals surface area (Å²) in [5.41, 5.74) is 2.11. The standard InChI is InChI=1S/C13H20N6OS/c1-5-12-15-16-13(21-12)14-11(20)8-18(3)6-10-7-19(4)17-9(10)2/h7H,5-6,8H2,1-4H3,(H,14,16,20). The van der Waals surface area contributed by atoms with E-state index in [1.54, 1.807) is 4.68 Å². The van der Waals surface area contributed by atoms with Crippen LogP contribution in [0.1, 0.15) is 23.2 Å². The van der Waals surface area contributed by atoms with Crippen LogP contribution in [0.5, 0.6) is 0 Å². The molecule has 0 atom stereocenters. The molecule has 2 heterocycles. The van der Waals surface area contributed by atoms with Crippen molar-refractivity contribution in [2.24, 2.45) is 7.05 Å². The van der Waals surface area contributed by atoms with E-state index < -0.39 is 0 Å². The highest BCUT2D eigenvalue weighted by molar-refractivity contribution is 7.15. The number of carbonyl (C=O) groups excluding carboxylic acids is 1. The molecule has 0 saturated heterocycles. The molecule has 0 radical (unpaired) electrons. The Hall–Kier alpha value is -1.80. The summed E-state index contributed by atoms with van der Waals surface area (Å²) in [6, 6.07) is 0. The summed E-state index contributed by atoms with van der Waals surface area (Å²) in [6.07, 6.45) is 2.80. The molecular formula is C13H20N6OS. The number of nitrogens with zero attached hydrogens (tertiary/aromatic N) is 5. The Kier molecular flexibility index (Phi) is 5.03. The monoisotopic (exact) mass is 308 g/mol. The van der Waals surface area contributed by atoms with Crippen molar-refractivity contribution >= 4 is 22.4 Å². The van der Waals surface area contributed by atoms with Gasteiger partial charge < -0.3 is 0 Å². The molecule has 2 rings (SSSR count). The lowest BCUT2D eigenvalue weighted by Gasteiger charge is -2.14. The molecule has 0 aliphatic heterocycles. The fourth-order valence-corrected chi connectivity index (χ4v) is 2.70. The van der Waals surface area contributed by atoms with Crippen LogP contribution in [0.2, 0.25) is 0 Å². The van der Waals surface area contributed by atoms with Crippen LogP contribution in [0.15, 0.2) is 6.20 Å². The SMILES string of the molecule is CCc1nnc(NC(=O)CN(C)Cc2cn(C)nc2C)s1. The van der Waals surface area contributed by atoms with E-state index in [1.165, 1.54) is 11.3 Å². The summed E-state index contributed by atoms with van der Waals surface area (Å²) < 4.78 is 1.78. The maximum absolute atomic E-state index is 12.0. The molecular weight excluding hydrogens is 288 g/mol. The smallest absolute Gasteiger partial charge is 0.240 e. The molecule has 0 aliphatic carbocycles. The Bertz CT molecular complexity index is 620. The largest absolute Gasteiger partial charge is 0.299 e. The highest BCUT2D eigenvalue weighted by Crippen LogP contribution is 2.15. The zero-order chi connectivity index (χ0) is 15.4. The first-order chi connectivity index (χ1) is 9.97.